The second-order valence-corrected chi connectivity index (χ2v) is 6.43. The molecule has 1 atom stereocenters. The van der Waals surface area contributed by atoms with Crippen molar-refractivity contribution in [2.24, 2.45) is 0 Å². The Labute approximate surface area is 153 Å². The molecule has 0 bridgehead atoms. The first-order valence-corrected chi connectivity index (χ1v) is 8.48. The average Bonchev–Trinajstić information content (AvgIpc) is 2.61. The van der Waals surface area contributed by atoms with Gasteiger partial charge in [0, 0.05) is 4.47 Å². The minimum absolute atomic E-state index is 0.00988. The minimum Gasteiger partial charge on any atom is -0.393 e. The molecule has 0 aliphatic rings. The summed E-state index contributed by atoms with van der Waals surface area (Å²) in [7, 11) is 0. The number of anilines is 4. The number of hydrogen-bond donors (Lipinski definition) is 3. The highest BCUT2D eigenvalue weighted by molar-refractivity contribution is 9.10. The number of nitrogen functional groups attached to an aromatic ring is 1. The number of nitrogens with two attached hydrogens (primary N) is 1. The van der Waals surface area contributed by atoms with Crippen LogP contribution in [0.5, 0.6) is 0 Å². The zero-order valence-electron chi connectivity index (χ0n) is 13.5. The normalized spacial score (nSPS) is 11.8. The second-order valence-electron chi connectivity index (χ2n) is 5.51. The molecule has 0 radical (unpaired) electrons. The zero-order valence-corrected chi connectivity index (χ0v) is 15.1. The molecule has 2 aromatic carbocycles. The Hall–Kier alpha value is -2.67. The average molecular weight is 402 g/mol. The van der Waals surface area contributed by atoms with Gasteiger partial charge in [0.1, 0.15) is 17.8 Å². The van der Waals surface area contributed by atoms with Crippen molar-refractivity contribution < 1.29 is 4.39 Å². The molecule has 5 nitrogen and oxygen atoms in total. The molecule has 0 fully saturated rings. The van der Waals surface area contributed by atoms with E-state index in [4.69, 9.17) is 5.73 Å². The van der Waals surface area contributed by atoms with Gasteiger partial charge in [-0.1, -0.05) is 46.3 Å². The van der Waals surface area contributed by atoms with Gasteiger partial charge in [-0.25, -0.2) is 14.4 Å². The standard InChI is InChI=1S/C18H17BrFN5/c1-11(12-5-3-2-4-6-12)24-17-16(21)18(23-10-22-17)25-15-8-7-13(19)9-14(15)20/h2-11H,21H2,1H3,(H2,22,23,24,25). The van der Waals surface area contributed by atoms with Crippen molar-refractivity contribution in [3.8, 4) is 0 Å². The molecule has 4 N–H and O–H groups in total. The summed E-state index contributed by atoms with van der Waals surface area (Å²) in [6.07, 6.45) is 1.38. The van der Waals surface area contributed by atoms with Gasteiger partial charge in [-0.05, 0) is 30.7 Å². The largest absolute Gasteiger partial charge is 0.393 e. The number of halogens is 2. The summed E-state index contributed by atoms with van der Waals surface area (Å²) in [4.78, 5) is 8.31. The van der Waals surface area contributed by atoms with Crippen LogP contribution < -0.4 is 16.4 Å². The van der Waals surface area contributed by atoms with Gasteiger partial charge < -0.3 is 16.4 Å². The topological polar surface area (TPSA) is 75.9 Å². The SMILES string of the molecule is CC(Nc1ncnc(Nc2ccc(Br)cc2F)c1N)c1ccccc1. The maximum absolute atomic E-state index is 14.0. The molecule has 3 aromatic rings. The van der Waals surface area contributed by atoms with E-state index in [1.54, 1.807) is 12.1 Å². The van der Waals surface area contributed by atoms with Crippen LogP contribution in [0.4, 0.5) is 27.4 Å². The van der Waals surface area contributed by atoms with Crippen molar-refractivity contribution in [2.45, 2.75) is 13.0 Å². The molecule has 1 aromatic heterocycles. The highest BCUT2D eigenvalue weighted by atomic mass is 79.9. The molecule has 0 saturated carbocycles. The molecule has 0 amide bonds. The summed E-state index contributed by atoms with van der Waals surface area (Å²) in [6, 6.07) is 14.7. The third-order valence-corrected chi connectivity index (χ3v) is 4.21. The van der Waals surface area contributed by atoms with E-state index in [9.17, 15) is 4.39 Å². The van der Waals surface area contributed by atoms with Crippen LogP contribution in [0.15, 0.2) is 59.3 Å². The number of benzene rings is 2. The molecule has 25 heavy (non-hydrogen) atoms. The van der Waals surface area contributed by atoms with E-state index in [1.165, 1.54) is 12.4 Å². The van der Waals surface area contributed by atoms with E-state index in [2.05, 4.69) is 36.5 Å². The quantitative estimate of drug-likeness (QED) is 0.567. The lowest BCUT2D eigenvalue weighted by molar-refractivity contribution is 0.631. The molecule has 0 spiro atoms. The number of aromatic nitrogens is 2. The monoisotopic (exact) mass is 401 g/mol. The number of rotatable bonds is 5. The third-order valence-electron chi connectivity index (χ3n) is 3.72. The predicted molar refractivity (Wildman–Crippen MR) is 102 cm³/mol. The van der Waals surface area contributed by atoms with Crippen LogP contribution in [0.3, 0.4) is 0 Å². The van der Waals surface area contributed by atoms with Gasteiger partial charge in [0.15, 0.2) is 11.6 Å². The highest BCUT2D eigenvalue weighted by Gasteiger charge is 2.13. The molecular weight excluding hydrogens is 385 g/mol. The van der Waals surface area contributed by atoms with Gasteiger partial charge in [0.2, 0.25) is 0 Å². The minimum atomic E-state index is -0.403. The van der Waals surface area contributed by atoms with Crippen molar-refractivity contribution in [2.75, 3.05) is 16.4 Å². The number of nitrogens with one attached hydrogen (secondary N) is 2. The molecular formula is C18H17BrFN5. The summed E-state index contributed by atoms with van der Waals surface area (Å²) >= 11 is 3.23. The van der Waals surface area contributed by atoms with E-state index in [0.29, 0.717) is 21.8 Å². The van der Waals surface area contributed by atoms with Crippen molar-refractivity contribution in [1.82, 2.24) is 9.97 Å². The van der Waals surface area contributed by atoms with Crippen LogP contribution in [-0.4, -0.2) is 9.97 Å². The van der Waals surface area contributed by atoms with Crippen LogP contribution >= 0.6 is 15.9 Å². The fourth-order valence-corrected chi connectivity index (χ4v) is 2.69. The van der Waals surface area contributed by atoms with E-state index in [1.807, 2.05) is 37.3 Å². The van der Waals surface area contributed by atoms with Gasteiger partial charge >= 0.3 is 0 Å². The molecule has 128 valence electrons. The van der Waals surface area contributed by atoms with Crippen LogP contribution in [-0.2, 0) is 0 Å². The van der Waals surface area contributed by atoms with Gasteiger partial charge in [0.25, 0.3) is 0 Å². The van der Waals surface area contributed by atoms with Crippen LogP contribution in [0.25, 0.3) is 0 Å². The molecule has 1 heterocycles. The van der Waals surface area contributed by atoms with E-state index >= 15 is 0 Å². The van der Waals surface area contributed by atoms with Crippen molar-refractivity contribution in [3.63, 3.8) is 0 Å². The Morgan fingerprint density at radius 3 is 2.52 bits per heavy atom. The molecule has 7 heteroatoms. The van der Waals surface area contributed by atoms with Crippen LogP contribution in [0, 0.1) is 5.82 Å². The van der Waals surface area contributed by atoms with Gasteiger partial charge in [-0.2, -0.15) is 0 Å². The van der Waals surface area contributed by atoms with Crippen LogP contribution in [0.2, 0.25) is 0 Å². The molecule has 1 unspecified atom stereocenters. The lowest BCUT2D eigenvalue weighted by Gasteiger charge is -2.17. The summed E-state index contributed by atoms with van der Waals surface area (Å²) in [5.74, 6) is 0.435. The third kappa shape index (κ3) is 4.06. The summed E-state index contributed by atoms with van der Waals surface area (Å²) in [6.45, 7) is 2.01. The molecule has 0 saturated heterocycles. The van der Waals surface area contributed by atoms with Crippen molar-refractivity contribution in [3.05, 3.63) is 70.7 Å². The first-order valence-electron chi connectivity index (χ1n) is 7.68. The van der Waals surface area contributed by atoms with Gasteiger partial charge in [-0.15, -0.1) is 0 Å². The molecule has 0 aliphatic carbocycles. The fraction of sp³-hybridized carbons (Fsp3) is 0.111. The number of nitrogens with zero attached hydrogens (tertiary/aromatic N) is 2. The maximum atomic E-state index is 14.0. The highest BCUT2D eigenvalue weighted by Crippen LogP contribution is 2.30. The smallest absolute Gasteiger partial charge is 0.159 e. The first kappa shape index (κ1) is 17.2. The van der Waals surface area contributed by atoms with E-state index in [0.717, 1.165) is 5.56 Å². The maximum Gasteiger partial charge on any atom is 0.159 e. The van der Waals surface area contributed by atoms with Crippen LogP contribution in [0.1, 0.15) is 18.5 Å². The Balaban J connectivity index is 1.82. The predicted octanol–water partition coefficient (Wildman–Crippen LogP) is 4.88. The van der Waals surface area contributed by atoms with Crippen molar-refractivity contribution in [1.29, 1.82) is 0 Å². The first-order chi connectivity index (χ1) is 12.0. The molecule has 3 rings (SSSR count). The number of hydrogen-bond acceptors (Lipinski definition) is 5. The fourth-order valence-electron chi connectivity index (χ4n) is 2.36. The Morgan fingerprint density at radius 2 is 1.80 bits per heavy atom. The second kappa shape index (κ2) is 7.48. The lowest BCUT2D eigenvalue weighted by atomic mass is 10.1. The Bertz CT molecular complexity index is 873. The van der Waals surface area contributed by atoms with Gasteiger partial charge in [-0.3, -0.25) is 0 Å². The molecule has 0 aliphatic heterocycles. The van der Waals surface area contributed by atoms with Gasteiger partial charge in [0.05, 0.1) is 11.7 Å². The Kier molecular flexibility index (Phi) is 5.14. The Morgan fingerprint density at radius 1 is 1.08 bits per heavy atom. The summed E-state index contributed by atoms with van der Waals surface area (Å²) < 4.78 is 14.7. The van der Waals surface area contributed by atoms with Crippen molar-refractivity contribution >= 4 is 38.9 Å². The zero-order chi connectivity index (χ0) is 17.8. The summed E-state index contributed by atoms with van der Waals surface area (Å²) in [5, 5.41) is 6.17. The van der Waals surface area contributed by atoms with E-state index < -0.39 is 5.82 Å². The summed E-state index contributed by atoms with van der Waals surface area (Å²) in [5.41, 5.74) is 7.88. The lowest BCUT2D eigenvalue weighted by Crippen LogP contribution is -2.11. The van der Waals surface area contributed by atoms with E-state index in [-0.39, 0.29) is 11.7 Å².